The SMILES string of the molecule is O=C(NC1CCCCC1)C1=CCCC(S(=O)(=O)C(Br)(Br)Br)=C1. The number of carbonyl (C=O) groups excluding carboxylic acids is 1. The second kappa shape index (κ2) is 7.49. The van der Waals surface area contributed by atoms with Gasteiger partial charge in [-0.1, -0.05) is 25.3 Å². The molecule has 0 atom stereocenters. The van der Waals surface area contributed by atoms with E-state index in [1.807, 2.05) is 0 Å². The average Bonchev–Trinajstić information content (AvgIpc) is 2.47. The highest BCUT2D eigenvalue weighted by Gasteiger charge is 2.39. The number of alkyl halides is 3. The number of amides is 1. The lowest BCUT2D eigenvalue weighted by atomic mass is 9.95. The number of rotatable bonds is 3. The van der Waals surface area contributed by atoms with E-state index in [4.69, 9.17) is 0 Å². The van der Waals surface area contributed by atoms with Gasteiger partial charge in [-0.3, -0.25) is 4.79 Å². The van der Waals surface area contributed by atoms with Crippen molar-refractivity contribution in [3.63, 3.8) is 0 Å². The number of hydrogen-bond donors (Lipinski definition) is 1. The third kappa shape index (κ3) is 4.45. The summed E-state index contributed by atoms with van der Waals surface area (Å²) in [6, 6.07) is 0.208. The zero-order valence-corrected chi connectivity index (χ0v) is 17.5. The molecule has 1 N–H and O–H groups in total. The van der Waals surface area contributed by atoms with Crippen LogP contribution in [0.25, 0.3) is 0 Å². The van der Waals surface area contributed by atoms with E-state index >= 15 is 0 Å². The van der Waals surface area contributed by atoms with Gasteiger partial charge in [0.1, 0.15) is 0 Å². The van der Waals surface area contributed by atoms with Crippen LogP contribution in [0.2, 0.25) is 0 Å². The minimum absolute atomic E-state index is 0.177. The van der Waals surface area contributed by atoms with Crippen LogP contribution in [-0.4, -0.2) is 21.8 Å². The van der Waals surface area contributed by atoms with Crippen LogP contribution in [0.15, 0.2) is 22.6 Å². The number of carbonyl (C=O) groups is 1. The van der Waals surface area contributed by atoms with Crippen LogP contribution in [0.5, 0.6) is 0 Å². The third-order valence-electron chi connectivity index (χ3n) is 3.92. The Morgan fingerprint density at radius 2 is 1.82 bits per heavy atom. The van der Waals surface area contributed by atoms with Crippen LogP contribution in [0, 0.1) is 0 Å². The van der Waals surface area contributed by atoms with Crippen molar-refractivity contribution >= 4 is 63.5 Å². The summed E-state index contributed by atoms with van der Waals surface area (Å²) in [4.78, 5) is 12.6. The van der Waals surface area contributed by atoms with Crippen molar-refractivity contribution in [2.24, 2.45) is 0 Å². The smallest absolute Gasteiger partial charge is 0.251 e. The molecule has 0 bridgehead atoms. The first-order valence-corrected chi connectivity index (χ1v) is 11.1. The standard InChI is InChI=1S/C14H18Br3NO3S/c15-14(16,17)22(20,21)12-8-4-5-10(9-12)13(19)18-11-6-2-1-3-7-11/h5,9,11H,1-4,6-8H2,(H,18,19). The molecule has 1 saturated carbocycles. The molecule has 22 heavy (non-hydrogen) atoms. The highest BCUT2D eigenvalue weighted by molar-refractivity contribution is 9.42. The van der Waals surface area contributed by atoms with Crippen molar-refractivity contribution in [3.8, 4) is 0 Å². The van der Waals surface area contributed by atoms with E-state index in [1.165, 1.54) is 12.5 Å². The molecule has 1 amide bonds. The quantitative estimate of drug-likeness (QED) is 0.567. The van der Waals surface area contributed by atoms with Gasteiger partial charge in [0.25, 0.3) is 5.91 Å². The molecule has 0 aromatic carbocycles. The molecule has 0 spiro atoms. The predicted molar refractivity (Wildman–Crippen MR) is 98.8 cm³/mol. The molecule has 0 aliphatic heterocycles. The van der Waals surface area contributed by atoms with Crippen LogP contribution in [0.4, 0.5) is 0 Å². The molecular weight excluding hydrogens is 502 g/mol. The molecule has 1 fully saturated rings. The molecule has 4 nitrogen and oxygen atoms in total. The largest absolute Gasteiger partial charge is 0.349 e. The highest BCUT2D eigenvalue weighted by atomic mass is 80.0. The van der Waals surface area contributed by atoms with Crippen LogP contribution in [0.1, 0.15) is 44.9 Å². The summed E-state index contributed by atoms with van der Waals surface area (Å²) in [5.41, 5.74) is 0.437. The molecule has 124 valence electrons. The monoisotopic (exact) mass is 517 g/mol. The fourth-order valence-electron chi connectivity index (χ4n) is 2.71. The summed E-state index contributed by atoms with van der Waals surface area (Å²) < 4.78 is 23.4. The first-order chi connectivity index (χ1) is 10.2. The maximum Gasteiger partial charge on any atom is 0.251 e. The van der Waals surface area contributed by atoms with E-state index in [0.717, 1.165) is 25.7 Å². The lowest BCUT2D eigenvalue weighted by Crippen LogP contribution is -2.37. The fourth-order valence-corrected chi connectivity index (χ4v) is 5.55. The van der Waals surface area contributed by atoms with Gasteiger partial charge in [0.05, 0.1) is 0 Å². The Kier molecular flexibility index (Phi) is 6.36. The Labute approximate surface area is 156 Å². The lowest BCUT2D eigenvalue weighted by Gasteiger charge is -2.24. The first kappa shape index (κ1) is 18.7. The molecule has 8 heteroatoms. The summed E-state index contributed by atoms with van der Waals surface area (Å²) in [6.07, 6.45) is 9.72. The van der Waals surface area contributed by atoms with Gasteiger partial charge in [0, 0.05) is 16.5 Å². The van der Waals surface area contributed by atoms with Crippen molar-refractivity contribution in [2.45, 2.75) is 52.5 Å². The Morgan fingerprint density at radius 1 is 1.18 bits per heavy atom. The number of halogens is 3. The second-order valence-corrected chi connectivity index (χ2v) is 16.0. The molecule has 0 aromatic heterocycles. The summed E-state index contributed by atoms with van der Waals surface area (Å²) in [6.45, 7) is 0. The van der Waals surface area contributed by atoms with E-state index in [1.54, 1.807) is 6.08 Å². The molecular formula is C14H18Br3NO3S. The molecule has 0 unspecified atom stereocenters. The van der Waals surface area contributed by atoms with E-state index in [0.29, 0.717) is 18.4 Å². The second-order valence-electron chi connectivity index (χ2n) is 5.57. The van der Waals surface area contributed by atoms with Gasteiger partial charge >= 0.3 is 0 Å². The van der Waals surface area contributed by atoms with Gasteiger partial charge in [-0.2, -0.15) is 0 Å². The van der Waals surface area contributed by atoms with Crippen molar-refractivity contribution < 1.29 is 13.2 Å². The molecule has 2 rings (SSSR count). The van der Waals surface area contributed by atoms with Crippen LogP contribution in [0.3, 0.4) is 0 Å². The van der Waals surface area contributed by atoms with E-state index < -0.39 is 11.3 Å². The predicted octanol–water partition coefficient (Wildman–Crippen LogP) is 4.25. The van der Waals surface area contributed by atoms with Gasteiger partial charge in [0.2, 0.25) is 11.3 Å². The number of allylic oxidation sites excluding steroid dienone is 2. The van der Waals surface area contributed by atoms with Gasteiger partial charge in [-0.25, -0.2) is 8.42 Å². The van der Waals surface area contributed by atoms with Crippen molar-refractivity contribution in [1.29, 1.82) is 0 Å². The molecule has 0 saturated heterocycles. The maximum absolute atomic E-state index is 12.4. The zero-order chi connectivity index (χ0) is 16.4. The molecule has 0 radical (unpaired) electrons. The Hall–Kier alpha value is 0.340. The van der Waals surface area contributed by atoms with Crippen LogP contribution in [-0.2, 0) is 14.6 Å². The minimum Gasteiger partial charge on any atom is -0.349 e. The number of sulfone groups is 1. The summed E-state index contributed by atoms with van der Waals surface area (Å²) >= 11 is 9.17. The van der Waals surface area contributed by atoms with E-state index in [9.17, 15) is 13.2 Å². The molecule has 0 aromatic rings. The topological polar surface area (TPSA) is 63.2 Å². The number of nitrogens with one attached hydrogen (secondary N) is 1. The fraction of sp³-hybridized carbons (Fsp3) is 0.643. The van der Waals surface area contributed by atoms with Crippen LogP contribution < -0.4 is 5.32 Å². The normalized spacial score (nSPS) is 21.0. The van der Waals surface area contributed by atoms with Crippen molar-refractivity contribution in [1.82, 2.24) is 5.32 Å². The zero-order valence-electron chi connectivity index (χ0n) is 11.9. The minimum atomic E-state index is -3.61. The summed E-state index contributed by atoms with van der Waals surface area (Å²) in [7, 11) is -3.61. The summed E-state index contributed by atoms with van der Waals surface area (Å²) in [5.74, 6) is -0.177. The Morgan fingerprint density at radius 3 is 2.41 bits per heavy atom. The van der Waals surface area contributed by atoms with Crippen molar-refractivity contribution in [3.05, 3.63) is 22.6 Å². The third-order valence-corrected chi connectivity index (χ3v) is 9.38. The van der Waals surface area contributed by atoms with Gasteiger partial charge in [-0.15, -0.1) is 0 Å². The van der Waals surface area contributed by atoms with E-state index in [2.05, 4.69) is 53.1 Å². The highest BCUT2D eigenvalue weighted by Crippen LogP contribution is 2.44. The summed E-state index contributed by atoms with van der Waals surface area (Å²) in [5, 5.41) is 3.02. The Bertz CT molecular complexity index is 599. The van der Waals surface area contributed by atoms with Gasteiger partial charge in [-0.05, 0) is 79.5 Å². The maximum atomic E-state index is 12.4. The average molecular weight is 520 g/mol. The van der Waals surface area contributed by atoms with Gasteiger partial charge in [0.15, 0.2) is 0 Å². The lowest BCUT2D eigenvalue weighted by molar-refractivity contribution is -0.118. The van der Waals surface area contributed by atoms with Crippen LogP contribution >= 0.6 is 47.8 Å². The van der Waals surface area contributed by atoms with Gasteiger partial charge < -0.3 is 5.32 Å². The molecule has 0 heterocycles. The Balaban J connectivity index is 2.12. The van der Waals surface area contributed by atoms with E-state index in [-0.39, 0.29) is 16.9 Å². The first-order valence-electron chi connectivity index (χ1n) is 7.25. The van der Waals surface area contributed by atoms with Crippen molar-refractivity contribution in [2.75, 3.05) is 0 Å². The number of hydrogen-bond acceptors (Lipinski definition) is 3. The molecule has 2 aliphatic carbocycles. The molecule has 2 aliphatic rings.